The second-order valence-corrected chi connectivity index (χ2v) is 14.2. The number of amides is 5. The van der Waals surface area contributed by atoms with Gasteiger partial charge in [-0.3, -0.25) is 33.6 Å². The summed E-state index contributed by atoms with van der Waals surface area (Å²) in [6.07, 6.45) is 2.76. The van der Waals surface area contributed by atoms with Gasteiger partial charge in [-0.05, 0) is 60.8 Å². The maximum atomic E-state index is 12.7. The molecule has 1 aliphatic heterocycles. The van der Waals surface area contributed by atoms with E-state index < -0.39 is 52.8 Å². The Morgan fingerprint density at radius 1 is 0.615 bits per heavy atom. The largest absolute Gasteiger partial charge is 0.460 e. The molecule has 0 aromatic heterocycles. The highest BCUT2D eigenvalue weighted by Crippen LogP contribution is 2.15. The van der Waals surface area contributed by atoms with Crippen LogP contribution in [-0.2, 0) is 62.1 Å². The van der Waals surface area contributed by atoms with Crippen molar-refractivity contribution >= 4 is 47.4 Å². The number of unbranched alkanes of at least 4 members (excludes halogenated alkanes) is 3. The molecule has 296 valence electrons. The average molecular weight is 743 g/mol. The van der Waals surface area contributed by atoms with Crippen LogP contribution in [0.15, 0.2) is 0 Å². The van der Waals surface area contributed by atoms with Crippen molar-refractivity contribution in [2.75, 3.05) is 39.5 Å². The smallest absolute Gasteiger partial charge is 0.355 e. The van der Waals surface area contributed by atoms with Crippen LogP contribution < -0.4 is 16.0 Å². The molecule has 1 rings (SSSR count). The number of nitrogens with zero attached hydrogens (tertiary/aromatic N) is 1. The molecule has 0 spiro atoms. The van der Waals surface area contributed by atoms with Gasteiger partial charge in [0.05, 0.1) is 26.4 Å². The van der Waals surface area contributed by atoms with Gasteiger partial charge in [0.2, 0.25) is 17.7 Å². The number of carbonyl (C=O) groups is 8. The fourth-order valence-corrected chi connectivity index (χ4v) is 4.53. The van der Waals surface area contributed by atoms with Crippen LogP contribution in [0, 0.1) is 0 Å². The van der Waals surface area contributed by atoms with Crippen LogP contribution in [0.5, 0.6) is 0 Å². The van der Waals surface area contributed by atoms with Gasteiger partial charge in [0.15, 0.2) is 0 Å². The van der Waals surface area contributed by atoms with Gasteiger partial charge in [-0.25, -0.2) is 4.79 Å². The van der Waals surface area contributed by atoms with Gasteiger partial charge in [-0.1, -0.05) is 12.8 Å². The van der Waals surface area contributed by atoms with Crippen LogP contribution >= 0.6 is 0 Å². The van der Waals surface area contributed by atoms with Crippen molar-refractivity contribution in [1.29, 1.82) is 0 Å². The van der Waals surface area contributed by atoms with Gasteiger partial charge in [0, 0.05) is 58.0 Å². The first-order chi connectivity index (χ1) is 24.4. The maximum absolute atomic E-state index is 12.7. The molecule has 17 nitrogen and oxygen atoms in total. The van der Waals surface area contributed by atoms with E-state index in [1.165, 1.54) is 0 Å². The lowest BCUT2D eigenvalue weighted by Crippen LogP contribution is -2.46. The topological polar surface area (TPSA) is 222 Å². The number of hydrogen-bond donors (Lipinski definition) is 3. The van der Waals surface area contributed by atoms with E-state index in [1.54, 1.807) is 20.8 Å². The van der Waals surface area contributed by atoms with Crippen molar-refractivity contribution in [1.82, 2.24) is 21.0 Å². The Morgan fingerprint density at radius 3 is 1.60 bits per heavy atom. The zero-order valence-corrected chi connectivity index (χ0v) is 31.6. The molecule has 1 atom stereocenters. The molecular formula is C35H58N4O13. The number of hydroxylamine groups is 2. The third kappa shape index (κ3) is 23.4. The number of carbonyl (C=O) groups excluding carboxylic acids is 8. The van der Waals surface area contributed by atoms with E-state index in [-0.39, 0.29) is 70.2 Å². The summed E-state index contributed by atoms with van der Waals surface area (Å²) >= 11 is 0. The number of ether oxygens (including phenoxy) is 4. The third-order valence-corrected chi connectivity index (χ3v) is 6.91. The van der Waals surface area contributed by atoms with E-state index in [9.17, 15) is 38.4 Å². The van der Waals surface area contributed by atoms with Gasteiger partial charge in [-0.15, -0.1) is 5.06 Å². The van der Waals surface area contributed by atoms with E-state index in [4.69, 9.17) is 23.8 Å². The lowest BCUT2D eigenvalue weighted by atomic mass is 10.1. The fraction of sp³-hybridized carbons (Fsp3) is 0.771. The van der Waals surface area contributed by atoms with Crippen LogP contribution in [-0.4, -0.2) is 109 Å². The third-order valence-electron chi connectivity index (χ3n) is 6.91. The molecule has 0 aromatic rings. The molecule has 0 saturated carbocycles. The minimum atomic E-state index is -1.38. The van der Waals surface area contributed by atoms with Crippen LogP contribution in [0.4, 0.5) is 0 Å². The summed E-state index contributed by atoms with van der Waals surface area (Å²) in [7, 11) is 0. The number of nitrogens with one attached hydrogen (secondary N) is 3. The van der Waals surface area contributed by atoms with Crippen LogP contribution in [0.3, 0.4) is 0 Å². The minimum Gasteiger partial charge on any atom is -0.460 e. The summed E-state index contributed by atoms with van der Waals surface area (Å²) in [6, 6.07) is -1.38. The maximum Gasteiger partial charge on any atom is 0.355 e. The van der Waals surface area contributed by atoms with Crippen molar-refractivity contribution in [3.8, 4) is 0 Å². The number of imide groups is 1. The molecule has 5 amide bonds. The SMILES string of the molecule is CC(C)(C)OC(=O)CCCCCCC(=O)NCCOCCOCCNC(=O)CCC(=O)N[C@@H](CCC(=O)OC(C)(C)C)C(=O)ON1C(=O)CCC1=O. The van der Waals surface area contributed by atoms with Crippen molar-refractivity contribution in [2.45, 2.75) is 136 Å². The predicted octanol–water partition coefficient (Wildman–Crippen LogP) is 1.93. The van der Waals surface area contributed by atoms with Crippen molar-refractivity contribution < 1.29 is 62.1 Å². The van der Waals surface area contributed by atoms with Gasteiger partial charge in [0.25, 0.3) is 11.8 Å². The van der Waals surface area contributed by atoms with E-state index in [1.807, 2.05) is 20.8 Å². The average Bonchev–Trinajstić information content (AvgIpc) is 3.34. The Bertz CT molecular complexity index is 1190. The van der Waals surface area contributed by atoms with Gasteiger partial charge >= 0.3 is 17.9 Å². The second kappa shape index (κ2) is 24.2. The summed E-state index contributed by atoms with van der Waals surface area (Å²) < 4.78 is 21.3. The van der Waals surface area contributed by atoms with E-state index in [2.05, 4.69) is 16.0 Å². The van der Waals surface area contributed by atoms with Gasteiger partial charge < -0.3 is 39.7 Å². The molecule has 0 radical (unpaired) electrons. The first-order valence-corrected chi connectivity index (χ1v) is 17.9. The molecule has 0 bridgehead atoms. The number of hydrogen-bond acceptors (Lipinski definition) is 13. The lowest BCUT2D eigenvalue weighted by molar-refractivity contribution is -0.199. The molecule has 3 N–H and O–H groups in total. The number of esters is 2. The van der Waals surface area contributed by atoms with E-state index in [0.29, 0.717) is 37.7 Å². The predicted molar refractivity (Wildman–Crippen MR) is 185 cm³/mol. The summed E-state index contributed by atoms with van der Waals surface area (Å²) in [4.78, 5) is 102. The van der Waals surface area contributed by atoms with Crippen LogP contribution in [0.25, 0.3) is 0 Å². The first-order valence-electron chi connectivity index (χ1n) is 17.9. The standard InChI is InChI=1S/C35H58N4O13/c1-34(2,3)50-31(45)12-10-8-7-9-11-26(40)36-19-21-48-23-24-49-22-20-37-27(41)14-15-28(42)38-25(13-18-32(46)51-35(4,5)6)33(47)52-39-29(43)16-17-30(39)44/h25H,7-24H2,1-6H3,(H,36,40)(H,37,41)(H,38,42)/t25-/m0/s1. The van der Waals surface area contributed by atoms with Crippen molar-refractivity contribution in [2.24, 2.45) is 0 Å². The van der Waals surface area contributed by atoms with E-state index in [0.717, 1.165) is 25.7 Å². The van der Waals surface area contributed by atoms with Crippen LogP contribution in [0.2, 0.25) is 0 Å². The van der Waals surface area contributed by atoms with Gasteiger partial charge in [0.1, 0.15) is 17.2 Å². The summed E-state index contributed by atoms with van der Waals surface area (Å²) in [5, 5.41) is 8.15. The molecule has 1 saturated heterocycles. The van der Waals surface area contributed by atoms with Crippen molar-refractivity contribution in [3.05, 3.63) is 0 Å². The second-order valence-electron chi connectivity index (χ2n) is 14.2. The van der Waals surface area contributed by atoms with Gasteiger partial charge in [-0.2, -0.15) is 0 Å². The molecule has 1 fully saturated rings. The molecule has 0 aliphatic carbocycles. The Morgan fingerprint density at radius 2 is 1.08 bits per heavy atom. The highest BCUT2D eigenvalue weighted by molar-refractivity contribution is 6.02. The molecule has 52 heavy (non-hydrogen) atoms. The molecule has 17 heteroatoms. The Labute approximate surface area is 305 Å². The zero-order chi connectivity index (χ0) is 39.2. The summed E-state index contributed by atoms with van der Waals surface area (Å²) in [6.45, 7) is 12.1. The molecule has 1 aliphatic rings. The van der Waals surface area contributed by atoms with Crippen LogP contribution in [0.1, 0.15) is 119 Å². The molecule has 1 heterocycles. The zero-order valence-electron chi connectivity index (χ0n) is 31.6. The lowest BCUT2D eigenvalue weighted by Gasteiger charge is -2.22. The van der Waals surface area contributed by atoms with Crippen molar-refractivity contribution in [3.63, 3.8) is 0 Å². The molecular weight excluding hydrogens is 684 g/mol. The van der Waals surface area contributed by atoms with E-state index >= 15 is 0 Å². The quantitative estimate of drug-likeness (QED) is 0.0692. The monoisotopic (exact) mass is 742 g/mol. The first kappa shape index (κ1) is 45.9. The Kier molecular flexibility index (Phi) is 21.3. The summed E-state index contributed by atoms with van der Waals surface area (Å²) in [5.41, 5.74) is -1.25. The highest BCUT2D eigenvalue weighted by Gasteiger charge is 2.35. The number of rotatable bonds is 25. The normalized spacial score (nSPS) is 13.7. The fourth-order valence-electron chi connectivity index (χ4n) is 4.53. The Hall–Kier alpha value is -4.12. The highest BCUT2D eigenvalue weighted by atomic mass is 16.7. The summed E-state index contributed by atoms with van der Waals surface area (Å²) in [5.74, 6) is -4.51. The molecule has 0 aromatic carbocycles. The minimum absolute atomic E-state index is 0.0614. The Balaban J connectivity index is 2.18. The molecule has 0 unspecified atom stereocenters.